The molecule has 1 atom stereocenters. The molecule has 0 aliphatic rings. The van der Waals surface area contributed by atoms with Gasteiger partial charge in [0.2, 0.25) is 0 Å². The maximum atomic E-state index is 12.0. The van der Waals surface area contributed by atoms with Crippen molar-refractivity contribution in [2.75, 3.05) is 13.2 Å². The van der Waals surface area contributed by atoms with Gasteiger partial charge in [0.1, 0.15) is 6.61 Å². The standard InChI is InChI=1S/C17H27F2NO/c1-11(2)13-5-6-14(15(9-13)12(3)4)16(20)7-8-21-10-17(18)19/h5-6,9,11-12,16-17H,7-8,10,20H2,1-4H3. The third kappa shape index (κ3) is 5.71. The van der Waals surface area contributed by atoms with Gasteiger partial charge in [-0.25, -0.2) is 8.78 Å². The third-order valence-corrected chi connectivity index (χ3v) is 3.62. The second kappa shape index (κ2) is 8.44. The van der Waals surface area contributed by atoms with Crippen molar-refractivity contribution in [1.29, 1.82) is 0 Å². The van der Waals surface area contributed by atoms with Crippen LogP contribution in [0.4, 0.5) is 8.78 Å². The first-order chi connectivity index (χ1) is 9.82. The lowest BCUT2D eigenvalue weighted by Gasteiger charge is -2.21. The molecule has 0 spiro atoms. The van der Waals surface area contributed by atoms with E-state index in [2.05, 4.69) is 45.9 Å². The monoisotopic (exact) mass is 299 g/mol. The molecule has 0 bridgehead atoms. The number of alkyl halides is 2. The third-order valence-electron chi connectivity index (χ3n) is 3.62. The Morgan fingerprint density at radius 2 is 1.71 bits per heavy atom. The maximum absolute atomic E-state index is 12.0. The van der Waals surface area contributed by atoms with Crippen molar-refractivity contribution in [1.82, 2.24) is 0 Å². The molecule has 2 N–H and O–H groups in total. The summed E-state index contributed by atoms with van der Waals surface area (Å²) in [6.07, 6.45) is -1.87. The van der Waals surface area contributed by atoms with Crippen LogP contribution < -0.4 is 5.73 Å². The molecule has 0 fully saturated rings. The van der Waals surface area contributed by atoms with Crippen molar-refractivity contribution in [3.05, 3.63) is 34.9 Å². The molecule has 0 aliphatic heterocycles. The Kier molecular flexibility index (Phi) is 7.26. The van der Waals surface area contributed by atoms with Gasteiger partial charge in [-0.3, -0.25) is 0 Å². The zero-order valence-corrected chi connectivity index (χ0v) is 13.4. The summed E-state index contributed by atoms with van der Waals surface area (Å²) < 4.78 is 29.0. The summed E-state index contributed by atoms with van der Waals surface area (Å²) in [7, 11) is 0. The van der Waals surface area contributed by atoms with Gasteiger partial charge in [0.05, 0.1) is 0 Å². The van der Waals surface area contributed by atoms with Crippen molar-refractivity contribution in [2.45, 2.75) is 58.4 Å². The highest BCUT2D eigenvalue weighted by molar-refractivity contribution is 5.37. The van der Waals surface area contributed by atoms with E-state index in [0.29, 0.717) is 18.3 Å². The van der Waals surface area contributed by atoms with Gasteiger partial charge in [0.25, 0.3) is 6.43 Å². The molecule has 0 heterocycles. The minimum atomic E-state index is -2.42. The van der Waals surface area contributed by atoms with E-state index >= 15 is 0 Å². The summed E-state index contributed by atoms with van der Waals surface area (Å²) in [5.74, 6) is 0.855. The summed E-state index contributed by atoms with van der Waals surface area (Å²) in [4.78, 5) is 0. The second-order valence-electron chi connectivity index (χ2n) is 6.06. The fraction of sp³-hybridized carbons (Fsp3) is 0.647. The second-order valence-corrected chi connectivity index (χ2v) is 6.06. The van der Waals surface area contributed by atoms with Crippen molar-refractivity contribution in [2.24, 2.45) is 5.73 Å². The number of benzene rings is 1. The van der Waals surface area contributed by atoms with Crippen LogP contribution in [-0.4, -0.2) is 19.6 Å². The lowest BCUT2D eigenvalue weighted by atomic mass is 9.88. The fourth-order valence-corrected chi connectivity index (χ4v) is 2.33. The Morgan fingerprint density at radius 3 is 2.24 bits per heavy atom. The summed E-state index contributed by atoms with van der Waals surface area (Å²) in [5, 5.41) is 0. The SMILES string of the molecule is CC(C)c1ccc(C(N)CCOCC(F)F)c(C(C)C)c1. The largest absolute Gasteiger partial charge is 0.375 e. The van der Waals surface area contributed by atoms with Crippen LogP contribution in [-0.2, 0) is 4.74 Å². The predicted molar refractivity (Wildman–Crippen MR) is 83.0 cm³/mol. The molecule has 0 saturated heterocycles. The highest BCUT2D eigenvalue weighted by Gasteiger charge is 2.15. The average Bonchev–Trinajstić information content (AvgIpc) is 2.42. The first-order valence-corrected chi connectivity index (χ1v) is 7.58. The summed E-state index contributed by atoms with van der Waals surface area (Å²) in [6, 6.07) is 6.21. The summed E-state index contributed by atoms with van der Waals surface area (Å²) in [5.41, 5.74) is 9.84. The number of hydrogen-bond donors (Lipinski definition) is 1. The molecule has 0 amide bonds. The van der Waals surface area contributed by atoms with Crippen LogP contribution in [0.2, 0.25) is 0 Å². The van der Waals surface area contributed by atoms with Gasteiger partial charge in [-0.15, -0.1) is 0 Å². The molecule has 120 valence electrons. The van der Waals surface area contributed by atoms with E-state index in [0.717, 1.165) is 5.56 Å². The average molecular weight is 299 g/mol. The molecule has 4 heteroatoms. The molecule has 0 radical (unpaired) electrons. The van der Waals surface area contributed by atoms with Gasteiger partial charge < -0.3 is 10.5 Å². The van der Waals surface area contributed by atoms with Gasteiger partial charge in [0.15, 0.2) is 0 Å². The topological polar surface area (TPSA) is 35.2 Å². The van der Waals surface area contributed by atoms with Crippen LogP contribution in [0.25, 0.3) is 0 Å². The van der Waals surface area contributed by atoms with Gasteiger partial charge in [-0.1, -0.05) is 45.9 Å². The molecule has 1 rings (SSSR count). The van der Waals surface area contributed by atoms with Crippen LogP contribution in [0.1, 0.15) is 68.7 Å². The molecule has 1 aromatic carbocycles. The van der Waals surface area contributed by atoms with E-state index < -0.39 is 13.0 Å². The molecule has 0 aliphatic carbocycles. The molecule has 0 saturated carbocycles. The normalized spacial score (nSPS) is 13.4. The molecule has 1 unspecified atom stereocenters. The van der Waals surface area contributed by atoms with Crippen molar-refractivity contribution >= 4 is 0 Å². The zero-order chi connectivity index (χ0) is 16.0. The van der Waals surface area contributed by atoms with E-state index in [-0.39, 0.29) is 12.6 Å². The van der Waals surface area contributed by atoms with E-state index in [1.807, 2.05) is 0 Å². The fourth-order valence-electron chi connectivity index (χ4n) is 2.33. The van der Waals surface area contributed by atoms with Gasteiger partial charge in [-0.2, -0.15) is 0 Å². The minimum absolute atomic E-state index is 0.179. The number of rotatable bonds is 8. The Bertz CT molecular complexity index is 433. The zero-order valence-electron chi connectivity index (χ0n) is 13.4. The summed E-state index contributed by atoms with van der Waals surface area (Å²) in [6.45, 7) is 8.35. The number of hydrogen-bond acceptors (Lipinski definition) is 2. The Hall–Kier alpha value is -1.00. The Morgan fingerprint density at radius 1 is 1.05 bits per heavy atom. The smallest absolute Gasteiger partial charge is 0.261 e. The molecular weight excluding hydrogens is 272 g/mol. The molecule has 0 aromatic heterocycles. The van der Waals surface area contributed by atoms with Crippen LogP contribution in [0.3, 0.4) is 0 Å². The van der Waals surface area contributed by atoms with E-state index in [4.69, 9.17) is 10.5 Å². The Balaban J connectivity index is 2.76. The van der Waals surface area contributed by atoms with Crippen molar-refractivity contribution in [3.63, 3.8) is 0 Å². The molecular formula is C17H27F2NO. The van der Waals surface area contributed by atoms with Crippen LogP contribution >= 0.6 is 0 Å². The quantitative estimate of drug-likeness (QED) is 0.712. The lowest BCUT2D eigenvalue weighted by molar-refractivity contribution is 0.0152. The summed E-state index contributed by atoms with van der Waals surface area (Å²) >= 11 is 0. The number of nitrogens with two attached hydrogens (primary N) is 1. The van der Waals surface area contributed by atoms with E-state index in [9.17, 15) is 8.78 Å². The van der Waals surface area contributed by atoms with Gasteiger partial charge in [0, 0.05) is 12.6 Å². The lowest BCUT2D eigenvalue weighted by Crippen LogP contribution is -2.17. The first-order valence-electron chi connectivity index (χ1n) is 7.58. The van der Waals surface area contributed by atoms with Gasteiger partial charge in [-0.05, 0) is 34.9 Å². The van der Waals surface area contributed by atoms with Crippen molar-refractivity contribution < 1.29 is 13.5 Å². The van der Waals surface area contributed by atoms with Crippen LogP contribution in [0, 0.1) is 0 Å². The maximum Gasteiger partial charge on any atom is 0.261 e. The number of halogens is 2. The number of ether oxygens (including phenoxy) is 1. The van der Waals surface area contributed by atoms with E-state index in [1.165, 1.54) is 11.1 Å². The predicted octanol–water partition coefficient (Wildman–Crippen LogP) is 4.61. The molecule has 1 aromatic rings. The van der Waals surface area contributed by atoms with Crippen LogP contribution in [0.5, 0.6) is 0 Å². The van der Waals surface area contributed by atoms with Gasteiger partial charge >= 0.3 is 0 Å². The molecule has 21 heavy (non-hydrogen) atoms. The minimum Gasteiger partial charge on any atom is -0.375 e. The van der Waals surface area contributed by atoms with Crippen LogP contribution in [0.15, 0.2) is 18.2 Å². The van der Waals surface area contributed by atoms with Crippen molar-refractivity contribution in [3.8, 4) is 0 Å². The highest BCUT2D eigenvalue weighted by Crippen LogP contribution is 2.29. The first kappa shape index (κ1) is 18.1. The highest BCUT2D eigenvalue weighted by atomic mass is 19.3. The molecule has 2 nitrogen and oxygen atoms in total. The Labute approximate surface area is 126 Å². The van der Waals surface area contributed by atoms with E-state index in [1.54, 1.807) is 0 Å².